The molecule has 0 saturated heterocycles. The lowest BCUT2D eigenvalue weighted by atomic mass is 10.1. The SMILES string of the molecule is CCCCCCCCCCCCCC(=O)Oc1cccc2ccc[n+](CCCCCC[n+]3cccc4cccc(OC(=O)CCCCCCCCCCCCC)c43)c12.[Br-].[Br-]. The summed E-state index contributed by atoms with van der Waals surface area (Å²) in [6.07, 6.45) is 37.2. The van der Waals surface area contributed by atoms with Gasteiger partial charge in [0.05, 0.1) is 10.8 Å². The predicted molar refractivity (Wildman–Crippen MR) is 240 cm³/mol. The third-order valence-corrected chi connectivity index (χ3v) is 11.7. The van der Waals surface area contributed by atoms with Gasteiger partial charge in [-0.15, -0.1) is 0 Å². The maximum absolute atomic E-state index is 12.9. The van der Waals surface area contributed by atoms with Gasteiger partial charge in [0.15, 0.2) is 12.4 Å². The van der Waals surface area contributed by atoms with Crippen molar-refractivity contribution in [2.45, 2.75) is 207 Å². The Hall–Kier alpha value is -2.84. The van der Waals surface area contributed by atoms with E-state index >= 15 is 0 Å². The van der Waals surface area contributed by atoms with Gasteiger partial charge in [0, 0.05) is 37.8 Å². The van der Waals surface area contributed by atoms with Crippen molar-refractivity contribution in [1.29, 1.82) is 0 Å². The molecule has 0 saturated carbocycles. The number of nitrogens with zero attached hydrogens (tertiary/aromatic N) is 2. The topological polar surface area (TPSA) is 60.4 Å². The first-order chi connectivity index (χ1) is 28.6. The summed E-state index contributed by atoms with van der Waals surface area (Å²) in [6.45, 7) is 6.27. The number of esters is 2. The van der Waals surface area contributed by atoms with Crippen LogP contribution in [0.1, 0.15) is 194 Å². The molecule has 2 heterocycles. The Morgan fingerprint density at radius 2 is 0.700 bits per heavy atom. The molecule has 0 fully saturated rings. The second-order valence-electron chi connectivity index (χ2n) is 16.7. The van der Waals surface area contributed by atoms with E-state index in [9.17, 15) is 9.59 Å². The number of hydrogen-bond donors (Lipinski definition) is 0. The Kier molecular flexibility index (Phi) is 30.0. The number of carbonyl (C=O) groups excluding carboxylic acids is 2. The average Bonchev–Trinajstić information content (AvgIpc) is 3.23. The largest absolute Gasteiger partial charge is 1.00 e. The van der Waals surface area contributed by atoms with Gasteiger partial charge in [-0.1, -0.05) is 154 Å². The third-order valence-electron chi connectivity index (χ3n) is 11.7. The fourth-order valence-electron chi connectivity index (χ4n) is 8.28. The molecule has 0 spiro atoms. The second kappa shape index (κ2) is 33.7. The smallest absolute Gasteiger partial charge is 0.311 e. The summed E-state index contributed by atoms with van der Waals surface area (Å²) >= 11 is 0. The standard InChI is InChI=1S/C52H78N2O4.2BrH/c1-3-5-7-9-11-13-15-17-19-21-25-39-49(55)57-47-37-29-33-45-35-31-43-53(51(45)47)41-27-23-24-28-42-54-44-32-36-46-34-30-38-48(52(46)54)58-50(56)40-26-22-20-18-16-14-12-10-8-6-4-2;;/h29-38,43-44H,3-28,39-42H2,1-2H3;2*1H/q+2;;/p-2. The lowest BCUT2D eigenvalue weighted by molar-refractivity contribution is -0.673. The number of hydrogen-bond acceptors (Lipinski definition) is 4. The van der Waals surface area contributed by atoms with Crippen LogP contribution in [0.15, 0.2) is 73.1 Å². The molecular weight excluding hydrogens is 876 g/mol. The summed E-state index contributed by atoms with van der Waals surface area (Å²) < 4.78 is 16.5. The Morgan fingerprint density at radius 1 is 0.400 bits per heavy atom. The molecule has 60 heavy (non-hydrogen) atoms. The van der Waals surface area contributed by atoms with Crippen molar-refractivity contribution in [2.24, 2.45) is 0 Å². The van der Waals surface area contributed by atoms with Crippen LogP contribution < -0.4 is 52.6 Å². The Bertz CT molecular complexity index is 1610. The summed E-state index contributed by atoms with van der Waals surface area (Å²) in [5.74, 6) is 1.06. The van der Waals surface area contributed by atoms with Gasteiger partial charge in [-0.2, -0.15) is 9.13 Å². The second-order valence-corrected chi connectivity index (χ2v) is 16.7. The molecule has 0 aliphatic carbocycles. The minimum absolute atomic E-state index is 0. The number of rotatable bonds is 33. The van der Waals surface area contributed by atoms with Crippen LogP contribution in [0, 0.1) is 0 Å². The monoisotopic (exact) mass is 952 g/mol. The highest BCUT2D eigenvalue weighted by Gasteiger charge is 2.19. The van der Waals surface area contributed by atoms with Crippen LogP contribution in [0.25, 0.3) is 21.8 Å². The quantitative estimate of drug-likeness (QED) is 0.0210. The van der Waals surface area contributed by atoms with E-state index in [-0.39, 0.29) is 45.9 Å². The van der Waals surface area contributed by atoms with Crippen molar-refractivity contribution < 1.29 is 62.2 Å². The number of para-hydroxylation sites is 2. The maximum Gasteiger partial charge on any atom is 0.311 e. The summed E-state index contributed by atoms with van der Waals surface area (Å²) in [6, 6.07) is 20.4. The first kappa shape index (κ1) is 53.3. The van der Waals surface area contributed by atoms with Gasteiger partial charge in [-0.05, 0) is 62.1 Å². The van der Waals surface area contributed by atoms with E-state index in [4.69, 9.17) is 9.47 Å². The molecule has 4 rings (SSSR count). The van der Waals surface area contributed by atoms with Crippen LogP contribution in [0.2, 0.25) is 0 Å². The van der Waals surface area contributed by atoms with Crippen molar-refractivity contribution >= 4 is 33.7 Å². The molecule has 0 atom stereocenters. The van der Waals surface area contributed by atoms with E-state index in [2.05, 4.69) is 71.8 Å². The van der Waals surface area contributed by atoms with E-state index < -0.39 is 0 Å². The number of benzene rings is 2. The van der Waals surface area contributed by atoms with Crippen LogP contribution >= 0.6 is 0 Å². The zero-order valence-electron chi connectivity index (χ0n) is 37.4. The molecule has 0 bridgehead atoms. The molecule has 334 valence electrons. The minimum atomic E-state index is -0.132. The molecule has 8 heteroatoms. The fraction of sp³-hybridized carbons (Fsp3) is 0.615. The highest BCUT2D eigenvalue weighted by molar-refractivity contribution is 5.85. The fourth-order valence-corrected chi connectivity index (χ4v) is 8.28. The predicted octanol–water partition coefficient (Wildman–Crippen LogP) is 8.05. The molecule has 0 aliphatic heterocycles. The average molecular weight is 955 g/mol. The van der Waals surface area contributed by atoms with E-state index in [0.717, 1.165) is 86.3 Å². The Balaban J connectivity index is 0.00000620. The van der Waals surface area contributed by atoms with Crippen LogP contribution in [-0.4, -0.2) is 11.9 Å². The van der Waals surface area contributed by atoms with Crippen molar-refractivity contribution in [3.05, 3.63) is 73.1 Å². The highest BCUT2D eigenvalue weighted by atomic mass is 79.9. The molecule has 0 N–H and O–H groups in total. The van der Waals surface area contributed by atoms with Crippen LogP contribution in [0.5, 0.6) is 11.5 Å². The van der Waals surface area contributed by atoms with Crippen molar-refractivity contribution in [3.8, 4) is 11.5 Å². The number of halogens is 2. The van der Waals surface area contributed by atoms with Crippen molar-refractivity contribution in [1.82, 2.24) is 0 Å². The number of ether oxygens (including phenoxy) is 2. The van der Waals surface area contributed by atoms with Crippen LogP contribution in [-0.2, 0) is 22.7 Å². The third kappa shape index (κ3) is 20.8. The normalized spacial score (nSPS) is 11.0. The molecule has 2 aromatic carbocycles. The molecule has 2 aromatic heterocycles. The van der Waals surface area contributed by atoms with E-state index in [1.165, 1.54) is 116 Å². The van der Waals surface area contributed by atoms with Crippen molar-refractivity contribution in [3.63, 3.8) is 0 Å². The first-order valence-corrected chi connectivity index (χ1v) is 23.8. The maximum atomic E-state index is 12.9. The molecule has 0 radical (unpaired) electrons. The lowest BCUT2D eigenvalue weighted by Gasteiger charge is -2.09. The number of aromatic nitrogens is 2. The molecule has 4 aromatic rings. The van der Waals surface area contributed by atoms with Gasteiger partial charge in [-0.3, -0.25) is 9.59 Å². The number of carbonyl (C=O) groups is 2. The summed E-state index contributed by atoms with van der Waals surface area (Å²) in [7, 11) is 0. The Labute approximate surface area is 385 Å². The number of unbranched alkanes of at least 4 members (excludes halogenated alkanes) is 23. The van der Waals surface area contributed by atoms with Crippen LogP contribution in [0.3, 0.4) is 0 Å². The lowest BCUT2D eigenvalue weighted by Crippen LogP contribution is -3.00. The molecule has 0 amide bonds. The van der Waals surface area contributed by atoms with E-state index in [1.807, 2.05) is 24.3 Å². The number of pyridine rings is 2. The first-order valence-electron chi connectivity index (χ1n) is 23.8. The van der Waals surface area contributed by atoms with Gasteiger partial charge in [0.2, 0.25) is 11.5 Å². The molecular formula is C52H78Br2N2O4. The number of fused-ring (bicyclic) bond motifs is 2. The zero-order chi connectivity index (χ0) is 40.9. The molecule has 0 aliphatic rings. The van der Waals surface area contributed by atoms with E-state index in [0.29, 0.717) is 24.3 Å². The minimum Gasteiger partial charge on any atom is -1.00 e. The van der Waals surface area contributed by atoms with Gasteiger partial charge in [-0.25, -0.2) is 0 Å². The molecule has 0 unspecified atom stereocenters. The van der Waals surface area contributed by atoms with Gasteiger partial charge >= 0.3 is 11.9 Å². The summed E-state index contributed by atoms with van der Waals surface area (Å²) in [5, 5.41) is 2.18. The zero-order valence-corrected chi connectivity index (χ0v) is 40.6. The van der Waals surface area contributed by atoms with Gasteiger partial charge < -0.3 is 43.4 Å². The Morgan fingerprint density at radius 3 is 1.05 bits per heavy atom. The highest BCUT2D eigenvalue weighted by Crippen LogP contribution is 2.25. The summed E-state index contributed by atoms with van der Waals surface area (Å²) in [5.41, 5.74) is 1.99. The van der Waals surface area contributed by atoms with E-state index in [1.54, 1.807) is 0 Å². The molecule has 6 nitrogen and oxygen atoms in total. The van der Waals surface area contributed by atoms with Crippen LogP contribution in [0.4, 0.5) is 0 Å². The van der Waals surface area contributed by atoms with Gasteiger partial charge in [0.25, 0.3) is 11.0 Å². The number of aryl methyl sites for hydroxylation is 2. The van der Waals surface area contributed by atoms with Gasteiger partial charge in [0.1, 0.15) is 13.1 Å². The van der Waals surface area contributed by atoms with Crippen molar-refractivity contribution in [2.75, 3.05) is 0 Å². The summed E-state index contributed by atoms with van der Waals surface area (Å²) in [4.78, 5) is 25.8.